The summed E-state index contributed by atoms with van der Waals surface area (Å²) in [5.74, 6) is -0.600. The largest absolute Gasteiger partial charge is 0.396 e. The molecule has 3 nitrogen and oxygen atoms in total. The molecule has 1 aliphatic rings. The van der Waals surface area contributed by atoms with E-state index < -0.39 is 0 Å². The lowest BCUT2D eigenvalue weighted by Gasteiger charge is -2.41. The van der Waals surface area contributed by atoms with Crippen molar-refractivity contribution in [1.82, 2.24) is 5.32 Å². The van der Waals surface area contributed by atoms with Crippen LogP contribution in [-0.2, 0) is 4.74 Å². The summed E-state index contributed by atoms with van der Waals surface area (Å²) in [5.41, 5.74) is 1.48. The van der Waals surface area contributed by atoms with Crippen molar-refractivity contribution in [2.75, 3.05) is 26.4 Å². The monoisotopic (exact) mass is 319 g/mol. The Morgan fingerprint density at radius 1 is 0.957 bits per heavy atom. The third-order valence-corrected chi connectivity index (χ3v) is 4.24. The number of rotatable bonds is 6. The Morgan fingerprint density at radius 2 is 1.43 bits per heavy atom. The van der Waals surface area contributed by atoms with Crippen LogP contribution in [0.15, 0.2) is 48.5 Å². The highest BCUT2D eigenvalue weighted by Crippen LogP contribution is 2.29. The molecule has 1 saturated heterocycles. The maximum absolute atomic E-state index is 13.2. The van der Waals surface area contributed by atoms with Gasteiger partial charge in [-0.2, -0.15) is 0 Å². The van der Waals surface area contributed by atoms with Crippen LogP contribution in [0.25, 0.3) is 0 Å². The molecule has 0 bridgehead atoms. The van der Waals surface area contributed by atoms with E-state index in [1.54, 1.807) is 24.3 Å². The average molecular weight is 319 g/mol. The van der Waals surface area contributed by atoms with Gasteiger partial charge in [0.15, 0.2) is 0 Å². The second kappa shape index (κ2) is 6.74. The van der Waals surface area contributed by atoms with Crippen LogP contribution in [0.4, 0.5) is 8.78 Å². The van der Waals surface area contributed by atoms with Gasteiger partial charge >= 0.3 is 0 Å². The number of aliphatic hydroxyl groups excluding tert-OH is 1. The lowest BCUT2D eigenvalue weighted by atomic mass is 9.86. The molecule has 1 fully saturated rings. The molecule has 5 heteroatoms. The molecule has 2 aromatic rings. The van der Waals surface area contributed by atoms with Crippen molar-refractivity contribution < 1.29 is 18.6 Å². The third kappa shape index (κ3) is 3.58. The number of halogens is 2. The smallest absolute Gasteiger partial charge is 0.123 e. The summed E-state index contributed by atoms with van der Waals surface area (Å²) in [7, 11) is 0. The van der Waals surface area contributed by atoms with Gasteiger partial charge in [-0.15, -0.1) is 0 Å². The predicted octanol–water partition coefficient (Wildman–Crippen LogP) is 2.65. The maximum Gasteiger partial charge on any atom is 0.123 e. The first kappa shape index (κ1) is 16.1. The lowest BCUT2D eigenvalue weighted by Crippen LogP contribution is -2.52. The highest BCUT2D eigenvalue weighted by Gasteiger charge is 2.38. The van der Waals surface area contributed by atoms with E-state index in [-0.39, 0.29) is 29.7 Å². The highest BCUT2D eigenvalue weighted by molar-refractivity contribution is 5.32. The van der Waals surface area contributed by atoms with Gasteiger partial charge in [0.2, 0.25) is 0 Å². The van der Waals surface area contributed by atoms with Crippen LogP contribution < -0.4 is 5.32 Å². The Hall–Kier alpha value is -1.82. The van der Waals surface area contributed by atoms with Crippen molar-refractivity contribution in [3.05, 3.63) is 71.3 Å². The highest BCUT2D eigenvalue weighted by atomic mass is 19.1. The Labute approximate surface area is 133 Å². The first-order valence-corrected chi connectivity index (χ1v) is 7.55. The molecular formula is C18H19F2NO2. The van der Waals surface area contributed by atoms with Crippen molar-refractivity contribution in [2.24, 2.45) is 5.41 Å². The molecule has 1 aliphatic heterocycles. The second-order valence-electron chi connectivity index (χ2n) is 6.07. The van der Waals surface area contributed by atoms with Crippen LogP contribution in [0.3, 0.4) is 0 Å². The van der Waals surface area contributed by atoms with Crippen molar-refractivity contribution >= 4 is 0 Å². The minimum atomic E-state index is -0.300. The van der Waals surface area contributed by atoms with E-state index in [0.29, 0.717) is 19.8 Å². The van der Waals surface area contributed by atoms with Gasteiger partial charge in [0.25, 0.3) is 0 Å². The number of ether oxygens (including phenoxy) is 1. The van der Waals surface area contributed by atoms with Crippen LogP contribution in [0.5, 0.6) is 0 Å². The van der Waals surface area contributed by atoms with Crippen molar-refractivity contribution in [3.63, 3.8) is 0 Å². The molecule has 1 heterocycles. The molecule has 0 radical (unpaired) electrons. The van der Waals surface area contributed by atoms with E-state index in [0.717, 1.165) is 11.1 Å². The van der Waals surface area contributed by atoms with Crippen LogP contribution >= 0.6 is 0 Å². The van der Waals surface area contributed by atoms with Gasteiger partial charge in [-0.05, 0) is 35.4 Å². The summed E-state index contributed by atoms with van der Waals surface area (Å²) in [6.07, 6.45) is 0. The summed E-state index contributed by atoms with van der Waals surface area (Å²) in [5, 5.41) is 12.9. The van der Waals surface area contributed by atoms with Crippen LogP contribution in [0, 0.1) is 17.0 Å². The van der Waals surface area contributed by atoms with E-state index in [1.807, 2.05) is 0 Å². The molecule has 0 saturated carbocycles. The summed E-state index contributed by atoms with van der Waals surface area (Å²) in [4.78, 5) is 0. The topological polar surface area (TPSA) is 41.5 Å². The lowest BCUT2D eigenvalue weighted by molar-refractivity contribution is -0.134. The van der Waals surface area contributed by atoms with E-state index in [2.05, 4.69) is 5.32 Å². The van der Waals surface area contributed by atoms with Gasteiger partial charge in [0.05, 0.1) is 31.3 Å². The zero-order chi connectivity index (χ0) is 16.3. The molecule has 23 heavy (non-hydrogen) atoms. The molecule has 0 amide bonds. The minimum Gasteiger partial charge on any atom is -0.396 e. The Balaban J connectivity index is 1.83. The van der Waals surface area contributed by atoms with Gasteiger partial charge in [-0.3, -0.25) is 0 Å². The van der Waals surface area contributed by atoms with Gasteiger partial charge in [-0.1, -0.05) is 24.3 Å². The third-order valence-electron chi connectivity index (χ3n) is 4.24. The van der Waals surface area contributed by atoms with Gasteiger partial charge in [0.1, 0.15) is 11.6 Å². The molecule has 2 aromatic carbocycles. The number of hydrogen-bond donors (Lipinski definition) is 2. The molecule has 3 rings (SSSR count). The average Bonchev–Trinajstić information content (AvgIpc) is 2.53. The van der Waals surface area contributed by atoms with Gasteiger partial charge in [0, 0.05) is 6.54 Å². The summed E-state index contributed by atoms with van der Waals surface area (Å²) >= 11 is 0. The first-order chi connectivity index (χ1) is 11.1. The fourth-order valence-corrected chi connectivity index (χ4v) is 2.70. The van der Waals surface area contributed by atoms with E-state index >= 15 is 0 Å². The summed E-state index contributed by atoms with van der Waals surface area (Å²) in [6.45, 7) is 1.62. The standard InChI is InChI=1S/C18H19F2NO2/c19-15-5-1-13(2-6-15)17(14-3-7-16(20)8-4-14)21-9-18(10-22)11-23-12-18/h1-8,17,21-22H,9-12H2. The molecule has 0 spiro atoms. The predicted molar refractivity (Wildman–Crippen MR) is 83.0 cm³/mol. The molecule has 0 aromatic heterocycles. The van der Waals surface area contributed by atoms with Crippen LogP contribution in [-0.4, -0.2) is 31.5 Å². The van der Waals surface area contributed by atoms with Crippen molar-refractivity contribution in [3.8, 4) is 0 Å². The Bertz CT molecular complexity index is 588. The minimum absolute atomic E-state index is 0.0412. The zero-order valence-corrected chi connectivity index (χ0v) is 12.6. The second-order valence-corrected chi connectivity index (χ2v) is 6.07. The maximum atomic E-state index is 13.2. The molecule has 0 aliphatic carbocycles. The molecular weight excluding hydrogens is 300 g/mol. The fraction of sp³-hybridized carbons (Fsp3) is 0.333. The van der Waals surface area contributed by atoms with E-state index in [4.69, 9.17) is 4.74 Å². The van der Waals surface area contributed by atoms with Crippen molar-refractivity contribution in [2.45, 2.75) is 6.04 Å². The quantitative estimate of drug-likeness (QED) is 0.860. The van der Waals surface area contributed by atoms with Gasteiger partial charge in [-0.25, -0.2) is 8.78 Å². The van der Waals surface area contributed by atoms with Crippen LogP contribution in [0.2, 0.25) is 0 Å². The number of hydrogen-bond acceptors (Lipinski definition) is 3. The molecule has 2 N–H and O–H groups in total. The Kier molecular flexibility index (Phi) is 4.71. The molecule has 0 atom stereocenters. The Morgan fingerprint density at radius 3 is 1.78 bits per heavy atom. The van der Waals surface area contributed by atoms with Crippen molar-refractivity contribution in [1.29, 1.82) is 0 Å². The molecule has 122 valence electrons. The summed E-state index contributed by atoms with van der Waals surface area (Å²) < 4.78 is 31.6. The zero-order valence-electron chi connectivity index (χ0n) is 12.6. The number of benzene rings is 2. The van der Waals surface area contributed by atoms with Gasteiger partial charge < -0.3 is 15.2 Å². The molecule has 0 unspecified atom stereocenters. The van der Waals surface area contributed by atoms with E-state index in [9.17, 15) is 13.9 Å². The first-order valence-electron chi connectivity index (χ1n) is 7.55. The van der Waals surface area contributed by atoms with E-state index in [1.165, 1.54) is 24.3 Å². The van der Waals surface area contributed by atoms with Crippen LogP contribution in [0.1, 0.15) is 17.2 Å². The number of aliphatic hydroxyl groups is 1. The number of nitrogens with one attached hydrogen (secondary N) is 1. The summed E-state index contributed by atoms with van der Waals surface area (Å²) in [6, 6.07) is 12.2. The SMILES string of the molecule is OCC1(CNC(c2ccc(F)cc2)c2ccc(F)cc2)COC1. The fourth-order valence-electron chi connectivity index (χ4n) is 2.70. The normalized spacial score (nSPS) is 16.3.